The molecule has 0 aliphatic heterocycles. The number of aryl methyl sites for hydroxylation is 1. The van der Waals surface area contributed by atoms with Crippen molar-refractivity contribution >= 4 is 11.9 Å². The molecule has 17 heavy (non-hydrogen) atoms. The summed E-state index contributed by atoms with van der Waals surface area (Å²) in [4.78, 5) is 22.1. The van der Waals surface area contributed by atoms with Crippen LogP contribution in [0.25, 0.3) is 0 Å². The standard InChI is InChI=1S/C11H17N3O3/c1-14-7-3-5-9(14)10(15)13-6-2-4-8(12)11(16)17/h3,5,7-8H,2,4,6,12H2,1H3,(H,13,15)(H,16,17)/t8-/m0/s1. The van der Waals surface area contributed by atoms with E-state index in [0.29, 0.717) is 25.1 Å². The first kappa shape index (κ1) is 13.2. The van der Waals surface area contributed by atoms with Gasteiger partial charge in [0.15, 0.2) is 0 Å². The molecule has 1 aromatic heterocycles. The van der Waals surface area contributed by atoms with Gasteiger partial charge in [0.1, 0.15) is 11.7 Å². The second-order valence-corrected chi connectivity index (χ2v) is 3.85. The number of carboxylic acid groups (broad SMARTS) is 1. The number of carbonyl (C=O) groups excluding carboxylic acids is 1. The Bertz CT molecular complexity index is 400. The van der Waals surface area contributed by atoms with E-state index >= 15 is 0 Å². The highest BCUT2D eigenvalue weighted by Gasteiger charge is 2.11. The Balaban J connectivity index is 2.26. The summed E-state index contributed by atoms with van der Waals surface area (Å²) in [6, 6.07) is 2.65. The van der Waals surface area contributed by atoms with E-state index < -0.39 is 12.0 Å². The molecule has 0 aliphatic rings. The van der Waals surface area contributed by atoms with Gasteiger partial charge in [-0.3, -0.25) is 9.59 Å². The Labute approximate surface area is 99.4 Å². The maximum atomic E-state index is 11.6. The fraction of sp³-hybridized carbons (Fsp3) is 0.455. The summed E-state index contributed by atoms with van der Waals surface area (Å²) >= 11 is 0. The van der Waals surface area contributed by atoms with E-state index in [-0.39, 0.29) is 5.91 Å². The zero-order chi connectivity index (χ0) is 12.8. The van der Waals surface area contributed by atoms with Crippen molar-refractivity contribution in [3.63, 3.8) is 0 Å². The van der Waals surface area contributed by atoms with Gasteiger partial charge >= 0.3 is 5.97 Å². The van der Waals surface area contributed by atoms with Crippen LogP contribution in [0.5, 0.6) is 0 Å². The molecule has 0 saturated heterocycles. The van der Waals surface area contributed by atoms with Crippen molar-refractivity contribution in [1.29, 1.82) is 0 Å². The molecular weight excluding hydrogens is 222 g/mol. The molecule has 1 aromatic rings. The number of carbonyl (C=O) groups is 2. The van der Waals surface area contributed by atoms with E-state index in [2.05, 4.69) is 5.32 Å². The number of rotatable bonds is 6. The molecule has 4 N–H and O–H groups in total. The summed E-state index contributed by atoms with van der Waals surface area (Å²) in [6.07, 6.45) is 2.68. The lowest BCUT2D eigenvalue weighted by molar-refractivity contribution is -0.138. The van der Waals surface area contributed by atoms with Gasteiger partial charge < -0.3 is 20.7 Å². The molecule has 0 unspecified atom stereocenters. The van der Waals surface area contributed by atoms with Crippen LogP contribution in [0.2, 0.25) is 0 Å². The minimum Gasteiger partial charge on any atom is -0.480 e. The molecule has 0 radical (unpaired) electrons. The smallest absolute Gasteiger partial charge is 0.320 e. The quantitative estimate of drug-likeness (QED) is 0.606. The third kappa shape index (κ3) is 3.92. The summed E-state index contributed by atoms with van der Waals surface area (Å²) in [7, 11) is 1.79. The van der Waals surface area contributed by atoms with Crippen LogP contribution in [0.15, 0.2) is 18.3 Å². The molecule has 0 bridgehead atoms. The van der Waals surface area contributed by atoms with Gasteiger partial charge in [0.25, 0.3) is 5.91 Å². The maximum absolute atomic E-state index is 11.6. The first-order chi connectivity index (χ1) is 8.02. The highest BCUT2D eigenvalue weighted by molar-refractivity contribution is 5.92. The average Bonchev–Trinajstić information content (AvgIpc) is 2.70. The predicted molar refractivity (Wildman–Crippen MR) is 62.6 cm³/mol. The molecule has 1 heterocycles. The van der Waals surface area contributed by atoms with Gasteiger partial charge in [-0.15, -0.1) is 0 Å². The van der Waals surface area contributed by atoms with Crippen molar-refractivity contribution in [3.8, 4) is 0 Å². The lowest BCUT2D eigenvalue weighted by Gasteiger charge is -2.08. The maximum Gasteiger partial charge on any atom is 0.320 e. The molecule has 1 amide bonds. The molecule has 1 rings (SSSR count). The van der Waals surface area contributed by atoms with E-state index in [1.54, 1.807) is 29.9 Å². The number of aromatic nitrogens is 1. The van der Waals surface area contributed by atoms with Gasteiger partial charge in [0, 0.05) is 19.8 Å². The van der Waals surface area contributed by atoms with Crippen molar-refractivity contribution in [2.75, 3.05) is 6.54 Å². The van der Waals surface area contributed by atoms with E-state index in [1.807, 2.05) is 0 Å². The Morgan fingerprint density at radius 2 is 2.29 bits per heavy atom. The largest absolute Gasteiger partial charge is 0.480 e. The van der Waals surface area contributed by atoms with Gasteiger partial charge in [-0.25, -0.2) is 0 Å². The Hall–Kier alpha value is -1.82. The molecular formula is C11H17N3O3. The van der Waals surface area contributed by atoms with Gasteiger partial charge in [-0.2, -0.15) is 0 Å². The predicted octanol–water partition coefficient (Wildman–Crippen LogP) is -0.0530. The third-order valence-corrected chi connectivity index (χ3v) is 2.47. The van der Waals surface area contributed by atoms with Gasteiger partial charge in [0.05, 0.1) is 0 Å². The van der Waals surface area contributed by atoms with Crippen LogP contribution in [0.4, 0.5) is 0 Å². The van der Waals surface area contributed by atoms with Crippen LogP contribution >= 0.6 is 0 Å². The highest BCUT2D eigenvalue weighted by Crippen LogP contribution is 1.99. The number of nitrogens with zero attached hydrogens (tertiary/aromatic N) is 1. The molecule has 6 heteroatoms. The Morgan fingerprint density at radius 3 is 2.82 bits per heavy atom. The number of aliphatic carboxylic acids is 1. The van der Waals surface area contributed by atoms with Crippen molar-refractivity contribution in [2.45, 2.75) is 18.9 Å². The number of carboxylic acids is 1. The normalized spacial score (nSPS) is 12.1. The fourth-order valence-corrected chi connectivity index (χ4v) is 1.43. The number of hydrogen-bond donors (Lipinski definition) is 3. The summed E-state index contributed by atoms with van der Waals surface area (Å²) in [5.74, 6) is -1.18. The molecule has 0 saturated carbocycles. The number of amides is 1. The summed E-state index contributed by atoms with van der Waals surface area (Å²) in [6.45, 7) is 0.422. The van der Waals surface area contributed by atoms with E-state index in [0.717, 1.165) is 0 Å². The Morgan fingerprint density at radius 1 is 1.59 bits per heavy atom. The lowest BCUT2D eigenvalue weighted by atomic mass is 10.2. The third-order valence-electron chi connectivity index (χ3n) is 2.47. The SMILES string of the molecule is Cn1cccc1C(=O)NCCC[C@H](N)C(=O)O. The number of hydrogen-bond acceptors (Lipinski definition) is 3. The Kier molecular flexibility index (Phi) is 4.71. The van der Waals surface area contributed by atoms with Crippen molar-refractivity contribution < 1.29 is 14.7 Å². The second kappa shape index (κ2) is 6.05. The van der Waals surface area contributed by atoms with Crippen molar-refractivity contribution in [1.82, 2.24) is 9.88 Å². The van der Waals surface area contributed by atoms with Crippen molar-refractivity contribution in [2.24, 2.45) is 12.8 Å². The minimum absolute atomic E-state index is 0.165. The monoisotopic (exact) mass is 239 g/mol. The van der Waals surface area contributed by atoms with Gasteiger partial charge in [-0.1, -0.05) is 0 Å². The summed E-state index contributed by atoms with van der Waals surface area (Å²) < 4.78 is 1.72. The number of nitrogens with two attached hydrogens (primary N) is 1. The molecule has 94 valence electrons. The zero-order valence-electron chi connectivity index (χ0n) is 9.72. The van der Waals surface area contributed by atoms with Crippen LogP contribution in [-0.4, -0.2) is 34.1 Å². The fourth-order valence-electron chi connectivity index (χ4n) is 1.43. The molecule has 0 aromatic carbocycles. The van der Waals surface area contributed by atoms with E-state index in [9.17, 15) is 9.59 Å². The highest BCUT2D eigenvalue weighted by atomic mass is 16.4. The molecule has 0 fully saturated rings. The van der Waals surface area contributed by atoms with Crippen LogP contribution in [-0.2, 0) is 11.8 Å². The van der Waals surface area contributed by atoms with Gasteiger partial charge in [-0.05, 0) is 25.0 Å². The molecule has 0 spiro atoms. The van der Waals surface area contributed by atoms with Crippen molar-refractivity contribution in [3.05, 3.63) is 24.0 Å². The second-order valence-electron chi connectivity index (χ2n) is 3.85. The summed E-state index contributed by atoms with van der Waals surface area (Å²) in [5, 5.41) is 11.3. The summed E-state index contributed by atoms with van der Waals surface area (Å²) in [5.41, 5.74) is 5.91. The van der Waals surface area contributed by atoms with Crippen LogP contribution in [0, 0.1) is 0 Å². The lowest BCUT2D eigenvalue weighted by Crippen LogP contribution is -2.32. The first-order valence-electron chi connectivity index (χ1n) is 5.40. The van der Waals surface area contributed by atoms with Gasteiger partial charge in [0.2, 0.25) is 0 Å². The molecule has 0 aliphatic carbocycles. The van der Waals surface area contributed by atoms with E-state index in [4.69, 9.17) is 10.8 Å². The minimum atomic E-state index is -1.02. The van der Waals surface area contributed by atoms with Crippen LogP contribution in [0.3, 0.4) is 0 Å². The molecule has 6 nitrogen and oxygen atoms in total. The van der Waals surface area contributed by atoms with Crippen LogP contribution in [0.1, 0.15) is 23.3 Å². The molecule has 1 atom stereocenters. The topological polar surface area (TPSA) is 97.4 Å². The first-order valence-corrected chi connectivity index (χ1v) is 5.40. The number of nitrogens with one attached hydrogen (secondary N) is 1. The average molecular weight is 239 g/mol. The zero-order valence-corrected chi connectivity index (χ0v) is 9.72. The van der Waals surface area contributed by atoms with Crippen LogP contribution < -0.4 is 11.1 Å². The van der Waals surface area contributed by atoms with E-state index in [1.165, 1.54) is 0 Å².